The van der Waals surface area contributed by atoms with Crippen LogP contribution < -0.4 is 0 Å². The molecule has 1 aromatic rings. The minimum Gasteiger partial charge on any atom is -0.462 e. The molecule has 1 atom stereocenters. The summed E-state index contributed by atoms with van der Waals surface area (Å²) in [5.74, 6) is 0. The first-order valence-corrected chi connectivity index (χ1v) is 8.88. The van der Waals surface area contributed by atoms with E-state index in [1.54, 1.807) is 24.3 Å². The SMILES string of the molecule is Cc1ccc(S(=O)(=O)/N=C2\OCC3(C)CC(C)(C)CN23)cc1. The highest BCUT2D eigenvalue weighted by atomic mass is 32.2. The van der Waals surface area contributed by atoms with Crippen molar-refractivity contribution in [2.24, 2.45) is 9.81 Å². The predicted molar refractivity (Wildman–Crippen MR) is 85.3 cm³/mol. The molecule has 22 heavy (non-hydrogen) atoms. The molecule has 0 bridgehead atoms. The van der Waals surface area contributed by atoms with E-state index in [9.17, 15) is 8.42 Å². The van der Waals surface area contributed by atoms with Gasteiger partial charge in [0.2, 0.25) is 0 Å². The average Bonchev–Trinajstić information content (AvgIpc) is 2.80. The smallest absolute Gasteiger partial charge is 0.304 e. The Hall–Kier alpha value is -1.56. The van der Waals surface area contributed by atoms with E-state index >= 15 is 0 Å². The van der Waals surface area contributed by atoms with E-state index in [4.69, 9.17) is 4.74 Å². The molecule has 3 rings (SSSR count). The van der Waals surface area contributed by atoms with Gasteiger partial charge in [-0.15, -0.1) is 4.40 Å². The normalized spacial score (nSPS) is 28.7. The van der Waals surface area contributed by atoms with Crippen molar-refractivity contribution in [3.8, 4) is 0 Å². The molecule has 2 fully saturated rings. The lowest BCUT2D eigenvalue weighted by atomic mass is 9.85. The second-order valence-electron chi connectivity index (χ2n) is 7.37. The van der Waals surface area contributed by atoms with Crippen LogP contribution in [0, 0.1) is 12.3 Å². The first kappa shape index (κ1) is 15.3. The molecule has 5 nitrogen and oxygen atoms in total. The number of fused-ring (bicyclic) bond motifs is 1. The number of benzene rings is 1. The number of aryl methyl sites for hydroxylation is 1. The Kier molecular flexibility index (Phi) is 3.29. The molecule has 0 aromatic heterocycles. The van der Waals surface area contributed by atoms with Gasteiger partial charge in [0.25, 0.3) is 10.0 Å². The summed E-state index contributed by atoms with van der Waals surface area (Å²) in [6, 6.07) is 6.93. The molecule has 2 aliphatic rings. The zero-order valence-electron chi connectivity index (χ0n) is 13.5. The number of rotatable bonds is 2. The number of amidine groups is 1. The van der Waals surface area contributed by atoms with Crippen molar-refractivity contribution >= 4 is 16.0 Å². The van der Waals surface area contributed by atoms with E-state index in [0.29, 0.717) is 6.61 Å². The topological polar surface area (TPSA) is 59.0 Å². The zero-order valence-corrected chi connectivity index (χ0v) is 14.3. The highest BCUT2D eigenvalue weighted by molar-refractivity contribution is 7.90. The van der Waals surface area contributed by atoms with Gasteiger partial charge in [-0.3, -0.25) is 0 Å². The minimum absolute atomic E-state index is 0.132. The van der Waals surface area contributed by atoms with Gasteiger partial charge in [0.15, 0.2) is 0 Å². The molecule has 1 unspecified atom stereocenters. The van der Waals surface area contributed by atoms with Crippen LogP contribution in [-0.2, 0) is 14.8 Å². The third-order valence-corrected chi connectivity index (χ3v) is 5.62. The van der Waals surface area contributed by atoms with Gasteiger partial charge in [-0.1, -0.05) is 31.5 Å². The van der Waals surface area contributed by atoms with E-state index < -0.39 is 10.0 Å². The average molecular weight is 322 g/mol. The first-order valence-electron chi connectivity index (χ1n) is 7.44. The number of ether oxygens (including phenoxy) is 1. The highest BCUT2D eigenvalue weighted by Crippen LogP contribution is 2.44. The van der Waals surface area contributed by atoms with Crippen LogP contribution in [0.3, 0.4) is 0 Å². The van der Waals surface area contributed by atoms with Crippen LogP contribution in [0.15, 0.2) is 33.6 Å². The molecule has 6 heteroatoms. The second-order valence-corrected chi connectivity index (χ2v) is 8.98. The van der Waals surface area contributed by atoms with Crippen LogP contribution in [-0.4, -0.2) is 38.0 Å². The van der Waals surface area contributed by atoms with Gasteiger partial charge in [0, 0.05) is 6.54 Å². The lowest BCUT2D eigenvalue weighted by molar-refractivity contribution is 0.232. The quantitative estimate of drug-likeness (QED) is 0.839. The molecule has 2 heterocycles. The maximum absolute atomic E-state index is 12.5. The fraction of sp³-hybridized carbons (Fsp3) is 0.562. The van der Waals surface area contributed by atoms with Gasteiger partial charge in [0.1, 0.15) is 6.61 Å². The molecule has 2 saturated heterocycles. The van der Waals surface area contributed by atoms with Crippen molar-refractivity contribution in [1.82, 2.24) is 4.90 Å². The molecule has 120 valence electrons. The standard InChI is InChI=1S/C16H22N2O3S/c1-12-5-7-13(8-6-12)22(19,20)17-14-18-10-15(2,3)9-16(18,4)11-21-14/h5-8H,9-11H2,1-4H3/b17-14-. The summed E-state index contributed by atoms with van der Waals surface area (Å²) < 4.78 is 34.5. The van der Waals surface area contributed by atoms with Gasteiger partial charge in [0.05, 0.1) is 10.4 Å². The Labute approximate surface area is 132 Å². The van der Waals surface area contributed by atoms with Crippen LogP contribution in [0.1, 0.15) is 32.8 Å². The molecule has 0 spiro atoms. The van der Waals surface area contributed by atoms with Crippen molar-refractivity contribution in [2.75, 3.05) is 13.2 Å². The summed E-state index contributed by atoms with van der Waals surface area (Å²) in [6.07, 6.45) is 0.962. The number of hydrogen-bond donors (Lipinski definition) is 0. The van der Waals surface area contributed by atoms with Crippen molar-refractivity contribution in [3.63, 3.8) is 0 Å². The van der Waals surface area contributed by atoms with Crippen LogP contribution in [0.5, 0.6) is 0 Å². The van der Waals surface area contributed by atoms with E-state index in [2.05, 4.69) is 25.2 Å². The van der Waals surface area contributed by atoms with E-state index in [0.717, 1.165) is 18.5 Å². The molecule has 0 amide bonds. The molecule has 0 radical (unpaired) electrons. The largest absolute Gasteiger partial charge is 0.462 e. The van der Waals surface area contributed by atoms with Crippen LogP contribution in [0.25, 0.3) is 0 Å². The van der Waals surface area contributed by atoms with Crippen LogP contribution in [0.2, 0.25) is 0 Å². The Balaban J connectivity index is 1.94. The molecule has 2 aliphatic heterocycles. The number of nitrogens with zero attached hydrogens (tertiary/aromatic N) is 2. The monoisotopic (exact) mass is 322 g/mol. The van der Waals surface area contributed by atoms with Gasteiger partial charge in [-0.05, 0) is 37.8 Å². The maximum atomic E-state index is 12.5. The zero-order chi connectivity index (χ0) is 16.2. The van der Waals surface area contributed by atoms with Gasteiger partial charge in [-0.2, -0.15) is 8.42 Å². The Bertz CT molecular complexity index is 722. The summed E-state index contributed by atoms with van der Waals surface area (Å²) >= 11 is 0. The van der Waals surface area contributed by atoms with Gasteiger partial charge in [-0.25, -0.2) is 0 Å². The molecule has 0 N–H and O–H groups in total. The van der Waals surface area contributed by atoms with E-state index in [1.165, 1.54) is 0 Å². The van der Waals surface area contributed by atoms with Crippen molar-refractivity contribution in [1.29, 1.82) is 0 Å². The van der Waals surface area contributed by atoms with E-state index in [1.807, 2.05) is 11.8 Å². The molecule has 0 saturated carbocycles. The van der Waals surface area contributed by atoms with Crippen molar-refractivity contribution in [2.45, 2.75) is 44.6 Å². The second kappa shape index (κ2) is 4.72. The number of sulfonamides is 1. The van der Waals surface area contributed by atoms with E-state index in [-0.39, 0.29) is 21.9 Å². The fourth-order valence-corrected chi connectivity index (χ4v) is 4.41. The van der Waals surface area contributed by atoms with Crippen molar-refractivity contribution in [3.05, 3.63) is 29.8 Å². The summed E-state index contributed by atoms with van der Waals surface area (Å²) in [5.41, 5.74) is 0.982. The van der Waals surface area contributed by atoms with Crippen LogP contribution in [0.4, 0.5) is 0 Å². The maximum Gasteiger partial charge on any atom is 0.304 e. The Morgan fingerprint density at radius 2 is 1.82 bits per heavy atom. The molecule has 1 aromatic carbocycles. The predicted octanol–water partition coefficient (Wildman–Crippen LogP) is 2.56. The molecular formula is C16H22N2O3S. The third-order valence-electron chi connectivity index (χ3n) is 4.36. The Morgan fingerprint density at radius 1 is 1.18 bits per heavy atom. The van der Waals surface area contributed by atoms with Crippen molar-refractivity contribution < 1.29 is 13.2 Å². The van der Waals surface area contributed by atoms with Gasteiger partial charge < -0.3 is 9.64 Å². The minimum atomic E-state index is -3.74. The van der Waals surface area contributed by atoms with Gasteiger partial charge >= 0.3 is 6.02 Å². The molecular weight excluding hydrogens is 300 g/mol. The lowest BCUT2D eigenvalue weighted by Gasteiger charge is -2.23. The number of hydrogen-bond acceptors (Lipinski definition) is 3. The Morgan fingerprint density at radius 3 is 2.45 bits per heavy atom. The van der Waals surface area contributed by atoms with Crippen LogP contribution >= 0.6 is 0 Å². The fourth-order valence-electron chi connectivity index (χ4n) is 3.47. The lowest BCUT2D eigenvalue weighted by Crippen LogP contribution is -2.39. The summed E-state index contributed by atoms with van der Waals surface area (Å²) in [7, 11) is -3.74. The first-order chi connectivity index (χ1) is 10.1. The highest BCUT2D eigenvalue weighted by Gasteiger charge is 2.53. The third kappa shape index (κ3) is 2.60. The summed E-state index contributed by atoms with van der Waals surface area (Å²) in [6.45, 7) is 9.62. The summed E-state index contributed by atoms with van der Waals surface area (Å²) in [4.78, 5) is 2.19. The summed E-state index contributed by atoms with van der Waals surface area (Å²) in [5, 5.41) is 0. The molecule has 0 aliphatic carbocycles.